The number of carbonyl (C=O) groups is 1. The predicted molar refractivity (Wildman–Crippen MR) is 78.6 cm³/mol. The molecule has 0 bridgehead atoms. The fourth-order valence-electron chi connectivity index (χ4n) is 1.32. The minimum absolute atomic E-state index is 0.0516. The van der Waals surface area contributed by atoms with Crippen LogP contribution in [0.25, 0.3) is 11.2 Å². The highest BCUT2D eigenvalue weighted by Crippen LogP contribution is 2.20. The van der Waals surface area contributed by atoms with Crippen molar-refractivity contribution in [2.24, 2.45) is 5.41 Å². The Morgan fingerprint density at radius 2 is 2.16 bits per heavy atom. The van der Waals surface area contributed by atoms with Gasteiger partial charge in [-0.2, -0.15) is 0 Å². The maximum absolute atomic E-state index is 11.7. The van der Waals surface area contributed by atoms with Crippen molar-refractivity contribution in [2.75, 3.05) is 0 Å². The summed E-state index contributed by atoms with van der Waals surface area (Å²) in [6.45, 7) is 5.44. The van der Waals surface area contributed by atoms with Gasteiger partial charge in [0.25, 0.3) is 0 Å². The van der Waals surface area contributed by atoms with Gasteiger partial charge in [-0.1, -0.05) is 11.6 Å². The third-order valence-electron chi connectivity index (χ3n) is 2.34. The molecule has 0 spiro atoms. The Kier molecular flexibility index (Phi) is 3.95. The van der Waals surface area contributed by atoms with Gasteiger partial charge in [0, 0.05) is 22.6 Å². The number of carbonyl (C=O) groups excluding carboxylic acids is 1. The minimum Gasteiger partial charge on any atom is -0.443 e. The Balaban J connectivity index is 2.25. The molecule has 19 heavy (non-hydrogen) atoms. The third-order valence-corrected chi connectivity index (χ3v) is 3.09. The lowest BCUT2D eigenvalue weighted by Gasteiger charge is -2.16. The molecule has 6 nitrogen and oxygen atoms in total. The molecule has 0 saturated heterocycles. The van der Waals surface area contributed by atoms with Gasteiger partial charge >= 0.3 is 5.97 Å². The monoisotopic (exact) mass is 394 g/mol. The second-order valence-electron chi connectivity index (χ2n) is 4.98. The van der Waals surface area contributed by atoms with Gasteiger partial charge in [0.15, 0.2) is 21.4 Å². The molecule has 0 saturated carbocycles. The Morgan fingerprint density at radius 3 is 2.79 bits per heavy atom. The van der Waals surface area contributed by atoms with Crippen LogP contribution in [0.3, 0.4) is 0 Å². The zero-order valence-corrected chi connectivity index (χ0v) is 13.6. The van der Waals surface area contributed by atoms with E-state index in [1.165, 1.54) is 6.33 Å². The molecule has 102 valence electrons. The van der Waals surface area contributed by atoms with E-state index in [0.29, 0.717) is 15.0 Å². The maximum Gasteiger partial charge on any atom is 0.312 e. The summed E-state index contributed by atoms with van der Waals surface area (Å²) in [5.41, 5.74) is 0.497. The van der Waals surface area contributed by atoms with Crippen LogP contribution in [0, 0.1) is 9.25 Å². The lowest BCUT2D eigenvalue weighted by molar-refractivity contribution is -0.156. The standard InChI is InChI=1S/C11H12ClIN4O2/c1-11(2,3)9(18)19-5-17-4-14-6-7(12)15-10(13)16-8(6)17/h4H,5H2,1-3H3. The Labute approximate surface area is 128 Å². The lowest BCUT2D eigenvalue weighted by atomic mass is 9.98. The normalized spacial score (nSPS) is 11.8. The zero-order valence-electron chi connectivity index (χ0n) is 10.6. The Morgan fingerprint density at radius 1 is 1.47 bits per heavy atom. The average Bonchev–Trinajstić information content (AvgIpc) is 2.67. The minimum atomic E-state index is -0.544. The number of ether oxygens (including phenoxy) is 1. The molecular weight excluding hydrogens is 383 g/mol. The quantitative estimate of drug-likeness (QED) is 0.339. The van der Waals surface area contributed by atoms with Crippen molar-refractivity contribution in [1.82, 2.24) is 19.5 Å². The van der Waals surface area contributed by atoms with Gasteiger partial charge in [-0.3, -0.25) is 9.36 Å². The SMILES string of the molecule is CC(C)(C)C(=O)OCn1cnc2c(Cl)nc(I)nc21. The summed E-state index contributed by atoms with van der Waals surface area (Å²) in [6, 6.07) is 0. The molecule has 8 heteroatoms. The van der Waals surface area contributed by atoms with Crippen molar-refractivity contribution in [3.8, 4) is 0 Å². The Hall–Kier alpha value is -0.960. The molecule has 0 aliphatic rings. The summed E-state index contributed by atoms with van der Waals surface area (Å²) >= 11 is 7.94. The summed E-state index contributed by atoms with van der Waals surface area (Å²) in [6.07, 6.45) is 1.53. The van der Waals surface area contributed by atoms with E-state index in [4.69, 9.17) is 16.3 Å². The second kappa shape index (κ2) is 5.20. The molecule has 0 N–H and O–H groups in total. The number of rotatable bonds is 2. The van der Waals surface area contributed by atoms with Crippen molar-refractivity contribution in [3.63, 3.8) is 0 Å². The number of esters is 1. The molecule has 0 unspecified atom stereocenters. The average molecular weight is 395 g/mol. The smallest absolute Gasteiger partial charge is 0.312 e. The van der Waals surface area contributed by atoms with Gasteiger partial charge in [-0.05, 0) is 20.8 Å². The van der Waals surface area contributed by atoms with E-state index in [1.54, 1.807) is 25.3 Å². The second-order valence-corrected chi connectivity index (χ2v) is 6.30. The fourth-order valence-corrected chi connectivity index (χ4v) is 2.15. The van der Waals surface area contributed by atoms with Crippen molar-refractivity contribution in [1.29, 1.82) is 0 Å². The molecule has 0 radical (unpaired) electrons. The van der Waals surface area contributed by atoms with Gasteiger partial charge in [0.05, 0.1) is 11.7 Å². The van der Waals surface area contributed by atoms with E-state index >= 15 is 0 Å². The number of imidazole rings is 1. The highest BCUT2D eigenvalue weighted by atomic mass is 127. The maximum atomic E-state index is 11.7. The first kappa shape index (κ1) is 14.4. The summed E-state index contributed by atoms with van der Waals surface area (Å²) in [5.74, 6) is -0.288. The van der Waals surface area contributed by atoms with E-state index in [0.717, 1.165) is 0 Å². The first-order chi connectivity index (χ1) is 8.79. The van der Waals surface area contributed by atoms with Crippen LogP contribution in [-0.4, -0.2) is 25.5 Å². The number of fused-ring (bicyclic) bond motifs is 1. The summed E-state index contributed by atoms with van der Waals surface area (Å²) < 4.78 is 7.35. The van der Waals surface area contributed by atoms with Crippen LogP contribution < -0.4 is 0 Å². The van der Waals surface area contributed by atoms with Crippen molar-refractivity contribution >= 4 is 51.3 Å². The highest BCUT2D eigenvalue weighted by Gasteiger charge is 2.23. The van der Waals surface area contributed by atoms with Crippen LogP contribution in [0.5, 0.6) is 0 Å². The molecule has 2 rings (SSSR count). The number of hydrogen-bond acceptors (Lipinski definition) is 5. The first-order valence-electron chi connectivity index (χ1n) is 5.50. The Bertz CT molecular complexity index is 635. The fraction of sp³-hybridized carbons (Fsp3) is 0.455. The van der Waals surface area contributed by atoms with Gasteiger partial charge in [0.2, 0.25) is 0 Å². The predicted octanol–water partition coefficient (Wildman–Crippen LogP) is 2.63. The molecule has 0 aliphatic heterocycles. The molecular formula is C11H12ClIN4O2. The van der Waals surface area contributed by atoms with Crippen molar-refractivity contribution < 1.29 is 9.53 Å². The van der Waals surface area contributed by atoms with Crippen LogP contribution in [0.4, 0.5) is 0 Å². The third kappa shape index (κ3) is 3.14. The highest BCUT2D eigenvalue weighted by molar-refractivity contribution is 14.1. The van der Waals surface area contributed by atoms with E-state index in [-0.39, 0.29) is 17.9 Å². The molecule has 0 fully saturated rings. The van der Waals surface area contributed by atoms with E-state index < -0.39 is 5.41 Å². The van der Waals surface area contributed by atoms with Gasteiger partial charge in [0.1, 0.15) is 5.52 Å². The van der Waals surface area contributed by atoms with Crippen LogP contribution in [-0.2, 0) is 16.3 Å². The number of aromatic nitrogens is 4. The van der Waals surface area contributed by atoms with Crippen molar-refractivity contribution in [2.45, 2.75) is 27.5 Å². The van der Waals surface area contributed by atoms with Gasteiger partial charge in [-0.15, -0.1) is 0 Å². The molecule has 2 aromatic heterocycles. The number of halogens is 2. The largest absolute Gasteiger partial charge is 0.443 e. The number of nitrogens with zero attached hydrogens (tertiary/aromatic N) is 4. The van der Waals surface area contributed by atoms with Gasteiger partial charge < -0.3 is 4.74 Å². The van der Waals surface area contributed by atoms with Crippen LogP contribution in [0.2, 0.25) is 5.15 Å². The van der Waals surface area contributed by atoms with E-state index in [2.05, 4.69) is 15.0 Å². The first-order valence-corrected chi connectivity index (χ1v) is 6.96. The molecule has 0 atom stereocenters. The van der Waals surface area contributed by atoms with Crippen molar-refractivity contribution in [3.05, 3.63) is 15.3 Å². The molecule has 0 aliphatic carbocycles. The van der Waals surface area contributed by atoms with Crippen LogP contribution >= 0.6 is 34.2 Å². The molecule has 0 aromatic carbocycles. The molecule has 2 heterocycles. The van der Waals surface area contributed by atoms with E-state index in [9.17, 15) is 4.79 Å². The molecule has 2 aromatic rings. The van der Waals surface area contributed by atoms with Gasteiger partial charge in [-0.25, -0.2) is 15.0 Å². The molecule has 0 amide bonds. The lowest BCUT2D eigenvalue weighted by Crippen LogP contribution is -2.24. The summed E-state index contributed by atoms with van der Waals surface area (Å²) in [5, 5.41) is 0.287. The van der Waals surface area contributed by atoms with E-state index in [1.807, 2.05) is 22.6 Å². The summed E-state index contributed by atoms with van der Waals surface area (Å²) in [7, 11) is 0. The summed E-state index contributed by atoms with van der Waals surface area (Å²) in [4.78, 5) is 24.1. The van der Waals surface area contributed by atoms with Crippen LogP contribution in [0.15, 0.2) is 6.33 Å². The zero-order chi connectivity index (χ0) is 14.2. The number of hydrogen-bond donors (Lipinski definition) is 0. The van der Waals surface area contributed by atoms with Crippen LogP contribution in [0.1, 0.15) is 20.8 Å². The topological polar surface area (TPSA) is 69.9 Å².